The van der Waals surface area contributed by atoms with Gasteiger partial charge in [0.05, 0.1) is 5.56 Å². The highest BCUT2D eigenvalue weighted by atomic mass is 35.5. The van der Waals surface area contributed by atoms with Gasteiger partial charge < -0.3 is 24.6 Å². The van der Waals surface area contributed by atoms with Gasteiger partial charge in [-0.2, -0.15) is 0 Å². The standard InChI is InChI=1S/C23H25ClN4O3/c1-23(2,10-15-11-25-20-6-4-3-5-18(15)20)26-12-17(29)13-30-21-8-7-16(24)9-19(21)22-28-27-14-31-22/h3-9,11,14,17,25-26,29H,10,12-13H2,1-2H3/t17-/m0/s1. The predicted octanol–water partition coefficient (Wildman–Crippen LogP) is 4.22. The van der Waals surface area contributed by atoms with Crippen LogP contribution in [0.4, 0.5) is 0 Å². The molecule has 8 heteroatoms. The van der Waals surface area contributed by atoms with Gasteiger partial charge in [0.15, 0.2) is 0 Å². The lowest BCUT2D eigenvalue weighted by Crippen LogP contribution is -2.46. The zero-order valence-electron chi connectivity index (χ0n) is 17.4. The minimum atomic E-state index is -0.701. The summed E-state index contributed by atoms with van der Waals surface area (Å²) < 4.78 is 11.1. The quantitative estimate of drug-likeness (QED) is 0.360. The number of fused-ring (bicyclic) bond motifs is 1. The number of halogens is 1. The van der Waals surface area contributed by atoms with Crippen molar-refractivity contribution in [1.82, 2.24) is 20.5 Å². The zero-order chi connectivity index (χ0) is 21.8. The van der Waals surface area contributed by atoms with Crippen LogP contribution in [0.15, 0.2) is 59.5 Å². The average Bonchev–Trinajstić information content (AvgIpc) is 3.42. The molecule has 0 fully saturated rings. The maximum absolute atomic E-state index is 10.5. The summed E-state index contributed by atoms with van der Waals surface area (Å²) in [5.41, 5.74) is 2.75. The summed E-state index contributed by atoms with van der Waals surface area (Å²) in [4.78, 5) is 3.31. The van der Waals surface area contributed by atoms with Crippen LogP contribution in [0.3, 0.4) is 0 Å². The topological polar surface area (TPSA) is 96.2 Å². The first-order chi connectivity index (χ1) is 14.9. The van der Waals surface area contributed by atoms with Crippen LogP contribution in [0.5, 0.6) is 5.75 Å². The van der Waals surface area contributed by atoms with Gasteiger partial charge in [-0.1, -0.05) is 29.8 Å². The zero-order valence-corrected chi connectivity index (χ0v) is 18.2. The first-order valence-corrected chi connectivity index (χ1v) is 10.5. The van der Waals surface area contributed by atoms with Gasteiger partial charge in [0.2, 0.25) is 6.39 Å². The Kier molecular flexibility index (Phi) is 6.27. The summed E-state index contributed by atoms with van der Waals surface area (Å²) in [5.74, 6) is 0.829. The Balaban J connectivity index is 1.34. The van der Waals surface area contributed by atoms with Gasteiger partial charge in [-0.05, 0) is 50.1 Å². The fourth-order valence-electron chi connectivity index (χ4n) is 3.54. The monoisotopic (exact) mass is 440 g/mol. The lowest BCUT2D eigenvalue weighted by atomic mass is 9.94. The summed E-state index contributed by atoms with van der Waals surface area (Å²) in [6, 6.07) is 13.4. The van der Waals surface area contributed by atoms with E-state index in [2.05, 4.69) is 46.5 Å². The number of rotatable bonds is 9. The van der Waals surface area contributed by atoms with Gasteiger partial charge in [-0.25, -0.2) is 0 Å². The normalized spacial score (nSPS) is 12.9. The average molecular weight is 441 g/mol. The number of nitrogens with zero attached hydrogens (tertiary/aromatic N) is 2. The molecule has 0 aliphatic rings. The molecule has 0 amide bonds. The van der Waals surface area contributed by atoms with E-state index < -0.39 is 6.10 Å². The van der Waals surface area contributed by atoms with Crippen molar-refractivity contribution in [2.24, 2.45) is 0 Å². The molecule has 0 bridgehead atoms. The van der Waals surface area contributed by atoms with Crippen molar-refractivity contribution in [2.75, 3.05) is 13.2 Å². The third-order valence-electron chi connectivity index (χ3n) is 5.09. The Bertz CT molecular complexity index is 1140. The number of aromatic amines is 1. The maximum atomic E-state index is 10.5. The second-order valence-electron chi connectivity index (χ2n) is 8.15. The van der Waals surface area contributed by atoms with E-state index in [0.717, 1.165) is 11.9 Å². The van der Waals surface area contributed by atoms with Crippen LogP contribution in [0.2, 0.25) is 5.02 Å². The first kappa shape index (κ1) is 21.4. The molecule has 0 saturated carbocycles. The third-order valence-corrected chi connectivity index (χ3v) is 5.32. The van der Waals surface area contributed by atoms with Crippen LogP contribution in [0, 0.1) is 0 Å². The molecule has 2 aromatic heterocycles. The number of nitrogens with one attached hydrogen (secondary N) is 2. The van der Waals surface area contributed by atoms with Gasteiger partial charge >= 0.3 is 0 Å². The minimum absolute atomic E-state index is 0.110. The molecule has 4 rings (SSSR count). The van der Waals surface area contributed by atoms with Gasteiger partial charge in [-0.3, -0.25) is 0 Å². The maximum Gasteiger partial charge on any atom is 0.251 e. The van der Waals surface area contributed by atoms with Crippen molar-refractivity contribution in [2.45, 2.75) is 31.9 Å². The van der Waals surface area contributed by atoms with Gasteiger partial charge in [0.25, 0.3) is 5.89 Å². The summed E-state index contributed by atoms with van der Waals surface area (Å²) in [6.07, 6.45) is 3.42. The summed E-state index contributed by atoms with van der Waals surface area (Å²) in [6.45, 7) is 4.74. The van der Waals surface area contributed by atoms with Crippen LogP contribution >= 0.6 is 11.6 Å². The Morgan fingerprint density at radius 2 is 2.10 bits per heavy atom. The van der Waals surface area contributed by atoms with E-state index in [1.807, 2.05) is 18.3 Å². The van der Waals surface area contributed by atoms with Crippen LogP contribution in [-0.2, 0) is 6.42 Å². The van der Waals surface area contributed by atoms with Crippen LogP contribution in [0.1, 0.15) is 19.4 Å². The van der Waals surface area contributed by atoms with Gasteiger partial charge in [0, 0.05) is 34.2 Å². The number of aromatic nitrogens is 3. The van der Waals surface area contributed by atoms with E-state index in [1.54, 1.807) is 18.2 Å². The fraction of sp³-hybridized carbons (Fsp3) is 0.304. The molecule has 31 heavy (non-hydrogen) atoms. The largest absolute Gasteiger partial charge is 0.490 e. The number of aliphatic hydroxyl groups is 1. The second-order valence-corrected chi connectivity index (χ2v) is 8.59. The lowest BCUT2D eigenvalue weighted by molar-refractivity contribution is 0.0990. The molecule has 4 aromatic rings. The van der Waals surface area contributed by atoms with Gasteiger partial charge in [0.1, 0.15) is 18.5 Å². The first-order valence-electron chi connectivity index (χ1n) is 10.1. The number of ether oxygens (including phenoxy) is 1. The molecular weight excluding hydrogens is 416 g/mol. The molecule has 0 aliphatic carbocycles. The summed E-state index contributed by atoms with van der Waals surface area (Å²) >= 11 is 6.08. The Hall–Kier alpha value is -2.87. The van der Waals surface area contributed by atoms with Crippen LogP contribution < -0.4 is 10.1 Å². The molecule has 0 unspecified atom stereocenters. The van der Waals surface area contributed by atoms with Crippen molar-refractivity contribution < 1.29 is 14.3 Å². The Morgan fingerprint density at radius 3 is 2.90 bits per heavy atom. The van der Waals surface area contributed by atoms with E-state index in [9.17, 15) is 5.11 Å². The van der Waals surface area contributed by atoms with Crippen LogP contribution in [0.25, 0.3) is 22.4 Å². The molecule has 0 spiro atoms. The highest BCUT2D eigenvalue weighted by molar-refractivity contribution is 6.30. The Labute approximate surface area is 185 Å². The minimum Gasteiger partial charge on any atom is -0.490 e. The number of H-pyrrole nitrogens is 1. The number of hydrogen-bond acceptors (Lipinski definition) is 6. The molecule has 0 saturated heterocycles. The van der Waals surface area contributed by atoms with Crippen LogP contribution in [-0.4, -0.2) is 45.1 Å². The molecule has 3 N–H and O–H groups in total. The molecule has 7 nitrogen and oxygen atoms in total. The number of para-hydroxylation sites is 1. The lowest BCUT2D eigenvalue weighted by Gasteiger charge is -2.28. The number of hydrogen-bond donors (Lipinski definition) is 3. The van der Waals surface area contributed by atoms with E-state index in [4.69, 9.17) is 20.8 Å². The number of benzene rings is 2. The van der Waals surface area contributed by atoms with Crippen molar-refractivity contribution >= 4 is 22.5 Å². The van der Waals surface area contributed by atoms with E-state index >= 15 is 0 Å². The van der Waals surface area contributed by atoms with E-state index in [1.165, 1.54) is 17.3 Å². The highest BCUT2D eigenvalue weighted by Crippen LogP contribution is 2.31. The molecular formula is C23H25ClN4O3. The number of β-amino-alcohol motifs (C(OH)–C–C–N with tert-alkyl or cyclic N) is 1. The van der Waals surface area contributed by atoms with Crippen molar-refractivity contribution in [3.8, 4) is 17.2 Å². The van der Waals surface area contributed by atoms with Crippen molar-refractivity contribution in [3.63, 3.8) is 0 Å². The Morgan fingerprint density at radius 1 is 1.26 bits per heavy atom. The smallest absolute Gasteiger partial charge is 0.251 e. The molecule has 0 radical (unpaired) electrons. The SMILES string of the molecule is CC(C)(Cc1c[nH]c2ccccc12)NC[C@H](O)COc1ccc(Cl)cc1-c1nnco1. The fourth-order valence-corrected chi connectivity index (χ4v) is 3.71. The molecule has 2 heterocycles. The van der Waals surface area contributed by atoms with Crippen molar-refractivity contribution in [3.05, 3.63) is 65.6 Å². The van der Waals surface area contributed by atoms with Gasteiger partial charge in [-0.15, -0.1) is 10.2 Å². The number of aliphatic hydroxyl groups excluding tert-OH is 1. The molecule has 0 aliphatic heterocycles. The summed E-state index contributed by atoms with van der Waals surface area (Å²) in [5, 5.41) is 23.3. The molecule has 2 aromatic carbocycles. The van der Waals surface area contributed by atoms with Crippen molar-refractivity contribution in [1.29, 1.82) is 0 Å². The summed E-state index contributed by atoms with van der Waals surface area (Å²) in [7, 11) is 0. The van der Waals surface area contributed by atoms with E-state index in [0.29, 0.717) is 28.8 Å². The molecule has 1 atom stereocenters. The van der Waals surface area contributed by atoms with E-state index in [-0.39, 0.29) is 12.1 Å². The molecule has 162 valence electrons. The predicted molar refractivity (Wildman–Crippen MR) is 120 cm³/mol. The highest BCUT2D eigenvalue weighted by Gasteiger charge is 2.21. The third kappa shape index (κ3) is 5.25. The second kappa shape index (κ2) is 9.09.